The highest BCUT2D eigenvalue weighted by molar-refractivity contribution is 5.87. The second-order valence-corrected chi connectivity index (χ2v) is 6.72. The van der Waals surface area contributed by atoms with Crippen molar-refractivity contribution in [2.75, 3.05) is 21.2 Å². The van der Waals surface area contributed by atoms with Crippen molar-refractivity contribution in [2.24, 2.45) is 0 Å². The molecule has 0 unspecified atom stereocenters. The molecule has 1 N–H and O–H groups in total. The summed E-state index contributed by atoms with van der Waals surface area (Å²) in [6, 6.07) is 9.70. The lowest BCUT2D eigenvalue weighted by molar-refractivity contribution is -0.345. The molecular formula is C19H21N6O2+. The van der Waals surface area contributed by atoms with Crippen molar-refractivity contribution < 1.29 is 9.72 Å². The van der Waals surface area contributed by atoms with Crippen molar-refractivity contribution in [1.29, 1.82) is 0 Å². The van der Waals surface area contributed by atoms with E-state index < -0.39 is 0 Å². The van der Waals surface area contributed by atoms with Crippen LogP contribution in [0.3, 0.4) is 0 Å². The summed E-state index contributed by atoms with van der Waals surface area (Å²) in [5.41, 5.74) is 3.09. The lowest BCUT2D eigenvalue weighted by Crippen LogP contribution is -2.29. The molecule has 27 heavy (non-hydrogen) atoms. The molecule has 4 aromatic rings. The second-order valence-electron chi connectivity index (χ2n) is 6.72. The molecule has 0 atom stereocenters. The molecule has 0 bridgehead atoms. The normalized spacial score (nSPS) is 11.6. The Morgan fingerprint density at radius 3 is 2.67 bits per heavy atom. The molecule has 0 spiro atoms. The van der Waals surface area contributed by atoms with Gasteiger partial charge in [0.05, 0.1) is 19.0 Å². The van der Waals surface area contributed by atoms with Gasteiger partial charge in [-0.05, 0) is 47.9 Å². The molecule has 138 valence electrons. The number of aromatic nitrogens is 5. The molecule has 0 amide bonds. The van der Waals surface area contributed by atoms with Crippen molar-refractivity contribution in [3.8, 4) is 5.75 Å². The van der Waals surface area contributed by atoms with Crippen LogP contribution in [0.1, 0.15) is 11.1 Å². The fourth-order valence-electron chi connectivity index (χ4n) is 3.21. The van der Waals surface area contributed by atoms with Gasteiger partial charge in [0, 0.05) is 17.8 Å². The highest BCUT2D eigenvalue weighted by atomic mass is 16.5. The number of aromatic amines is 1. The van der Waals surface area contributed by atoms with Crippen molar-refractivity contribution in [1.82, 2.24) is 24.1 Å². The molecule has 3 heterocycles. The number of ether oxygens (including phenoxy) is 1. The topological polar surface area (TPSA) is 78.8 Å². The van der Waals surface area contributed by atoms with Gasteiger partial charge in [-0.3, -0.25) is 4.57 Å². The van der Waals surface area contributed by atoms with Crippen molar-refractivity contribution >= 4 is 16.7 Å². The first-order chi connectivity index (χ1) is 13.1. The van der Waals surface area contributed by atoms with E-state index >= 15 is 0 Å². The van der Waals surface area contributed by atoms with Crippen LogP contribution in [0.4, 0.5) is 0 Å². The van der Waals surface area contributed by atoms with Gasteiger partial charge in [0.15, 0.2) is 5.65 Å². The number of rotatable bonds is 5. The predicted molar refractivity (Wildman–Crippen MR) is 101 cm³/mol. The molecule has 0 aliphatic rings. The maximum Gasteiger partial charge on any atom is 0.425 e. The summed E-state index contributed by atoms with van der Waals surface area (Å²) in [5.74, 6) is 0.777. The summed E-state index contributed by atoms with van der Waals surface area (Å²) >= 11 is 0. The average molecular weight is 365 g/mol. The monoisotopic (exact) mass is 365 g/mol. The summed E-state index contributed by atoms with van der Waals surface area (Å²) in [6.45, 7) is 1.16. The van der Waals surface area contributed by atoms with E-state index in [0.29, 0.717) is 17.8 Å². The fraction of sp³-hybridized carbons (Fsp3) is 0.263. The lowest BCUT2D eigenvalue weighted by Gasteiger charge is -2.12. The van der Waals surface area contributed by atoms with Crippen LogP contribution in [0.25, 0.3) is 16.7 Å². The zero-order chi connectivity index (χ0) is 19.0. The number of hydrogen-bond acceptors (Lipinski definition) is 5. The summed E-state index contributed by atoms with van der Waals surface area (Å²) in [6.07, 6.45) is 3.34. The number of hydrogen-bond donors (Lipinski definition) is 0. The van der Waals surface area contributed by atoms with Gasteiger partial charge in [0.1, 0.15) is 5.75 Å². The second kappa shape index (κ2) is 6.81. The zero-order valence-corrected chi connectivity index (χ0v) is 15.5. The molecule has 8 nitrogen and oxygen atoms in total. The minimum Gasteiger partial charge on any atom is -0.497 e. The third-order valence-corrected chi connectivity index (χ3v) is 4.43. The van der Waals surface area contributed by atoms with E-state index in [1.165, 1.54) is 10.8 Å². The highest BCUT2D eigenvalue weighted by Crippen LogP contribution is 2.18. The van der Waals surface area contributed by atoms with Crippen molar-refractivity contribution in [2.45, 2.75) is 13.1 Å². The maximum atomic E-state index is 13.0. The Labute approximate surface area is 155 Å². The Balaban J connectivity index is 1.89. The van der Waals surface area contributed by atoms with Crippen LogP contribution < -0.4 is 15.4 Å². The number of H-pyrrole nitrogens is 1. The van der Waals surface area contributed by atoms with E-state index in [1.807, 2.05) is 44.6 Å². The number of methoxy groups -OCH3 is 1. The van der Waals surface area contributed by atoms with E-state index in [4.69, 9.17) is 4.74 Å². The first-order valence-electron chi connectivity index (χ1n) is 8.61. The third kappa shape index (κ3) is 3.15. The Morgan fingerprint density at radius 1 is 1.19 bits per heavy atom. The molecule has 4 rings (SSSR count). The molecule has 0 aliphatic carbocycles. The molecule has 1 aromatic carbocycles. The third-order valence-electron chi connectivity index (χ3n) is 4.43. The smallest absolute Gasteiger partial charge is 0.425 e. The van der Waals surface area contributed by atoms with Crippen LogP contribution in [0.5, 0.6) is 5.75 Å². The quantitative estimate of drug-likeness (QED) is 0.527. The molecule has 0 saturated carbocycles. The first kappa shape index (κ1) is 17.2. The van der Waals surface area contributed by atoms with Gasteiger partial charge in [-0.15, -0.1) is 0 Å². The van der Waals surface area contributed by atoms with Gasteiger partial charge in [0.2, 0.25) is 0 Å². The van der Waals surface area contributed by atoms with Gasteiger partial charge < -0.3 is 9.64 Å². The summed E-state index contributed by atoms with van der Waals surface area (Å²) < 4.78 is 8.23. The Hall–Kier alpha value is -3.26. The van der Waals surface area contributed by atoms with Crippen LogP contribution in [-0.4, -0.2) is 45.3 Å². The SMILES string of the molecule is COc1ccc(Cn2c(=O)n3nc[nH+]c3c3cc(CN(C)C)cnc32)cc1. The highest BCUT2D eigenvalue weighted by Gasteiger charge is 2.19. The molecule has 0 saturated heterocycles. The van der Waals surface area contributed by atoms with E-state index in [0.717, 1.165) is 28.8 Å². The molecule has 0 fully saturated rings. The number of fused-ring (bicyclic) bond motifs is 3. The maximum absolute atomic E-state index is 13.0. The van der Waals surface area contributed by atoms with Gasteiger partial charge >= 0.3 is 5.69 Å². The summed E-state index contributed by atoms with van der Waals surface area (Å²) in [4.78, 5) is 22.7. The Kier molecular flexibility index (Phi) is 4.33. The van der Waals surface area contributed by atoms with Crippen LogP contribution in [0, 0.1) is 0 Å². The standard InChI is InChI=1S/C19H20N6O2/c1-23(2)10-14-8-16-17(20-9-14)24(19(26)25-18(16)21-12-22-25)11-13-4-6-15(27-3)7-5-13/h4-9,12H,10-11H2,1-3H3/p+1. The molecular weight excluding hydrogens is 344 g/mol. The lowest BCUT2D eigenvalue weighted by atomic mass is 10.2. The molecule has 0 aliphatic heterocycles. The first-order valence-corrected chi connectivity index (χ1v) is 8.61. The molecule has 3 aromatic heterocycles. The Bertz CT molecular complexity index is 1160. The van der Waals surface area contributed by atoms with E-state index in [1.54, 1.807) is 11.7 Å². The van der Waals surface area contributed by atoms with E-state index in [2.05, 4.69) is 26.0 Å². The van der Waals surface area contributed by atoms with Gasteiger partial charge in [0.25, 0.3) is 12.0 Å². The summed E-state index contributed by atoms with van der Waals surface area (Å²) in [7, 11) is 5.65. The minimum absolute atomic E-state index is 0.234. The number of pyridine rings is 1. The molecule has 0 radical (unpaired) electrons. The fourth-order valence-corrected chi connectivity index (χ4v) is 3.21. The average Bonchev–Trinajstić information content (AvgIpc) is 3.15. The number of nitrogens with one attached hydrogen (secondary N) is 1. The Morgan fingerprint density at radius 2 is 1.96 bits per heavy atom. The van der Waals surface area contributed by atoms with E-state index in [9.17, 15) is 4.79 Å². The van der Waals surface area contributed by atoms with Crippen molar-refractivity contribution in [3.63, 3.8) is 0 Å². The predicted octanol–water partition coefficient (Wildman–Crippen LogP) is 0.977. The largest absolute Gasteiger partial charge is 0.497 e. The van der Waals surface area contributed by atoms with Crippen LogP contribution in [0.2, 0.25) is 0 Å². The van der Waals surface area contributed by atoms with Gasteiger partial charge in [-0.2, -0.15) is 0 Å². The van der Waals surface area contributed by atoms with Gasteiger partial charge in [-0.25, -0.2) is 14.8 Å². The van der Waals surface area contributed by atoms with Crippen LogP contribution in [-0.2, 0) is 13.1 Å². The van der Waals surface area contributed by atoms with Crippen LogP contribution in [0.15, 0.2) is 47.7 Å². The molecule has 8 heteroatoms. The van der Waals surface area contributed by atoms with Crippen molar-refractivity contribution in [3.05, 3.63) is 64.5 Å². The zero-order valence-electron chi connectivity index (χ0n) is 15.5. The minimum atomic E-state index is -0.234. The number of nitrogens with zero attached hydrogens (tertiary/aromatic N) is 5. The number of benzene rings is 1. The van der Waals surface area contributed by atoms with Crippen LogP contribution >= 0.6 is 0 Å². The summed E-state index contributed by atoms with van der Waals surface area (Å²) in [5, 5.41) is 5.02. The van der Waals surface area contributed by atoms with Gasteiger partial charge in [-0.1, -0.05) is 12.1 Å². The van der Waals surface area contributed by atoms with E-state index in [-0.39, 0.29) is 5.69 Å².